The third-order valence-electron chi connectivity index (χ3n) is 3.60. The van der Waals surface area contributed by atoms with Crippen molar-refractivity contribution in [3.8, 4) is 11.5 Å². The molecule has 6 heteroatoms. The summed E-state index contributed by atoms with van der Waals surface area (Å²) in [6.45, 7) is 3.40. The highest BCUT2D eigenvalue weighted by Gasteiger charge is 2.28. The first-order chi connectivity index (χ1) is 9.49. The molecule has 1 aliphatic rings. The molecule has 1 saturated heterocycles. The van der Waals surface area contributed by atoms with Crippen LogP contribution in [0.1, 0.15) is 24.9 Å². The zero-order valence-electron chi connectivity index (χ0n) is 11.3. The predicted octanol–water partition coefficient (Wildman–Crippen LogP) is 1.33. The van der Waals surface area contributed by atoms with Gasteiger partial charge in [0.25, 0.3) is 0 Å². The van der Waals surface area contributed by atoms with Crippen molar-refractivity contribution in [2.75, 3.05) is 19.7 Å². The number of morpholine rings is 1. The Morgan fingerprint density at radius 1 is 1.45 bits per heavy atom. The molecule has 2 unspecified atom stereocenters. The maximum Gasteiger partial charge on any atom is 0.306 e. The molecule has 1 aliphatic heterocycles. The molecule has 2 atom stereocenters. The highest BCUT2D eigenvalue weighted by molar-refractivity contribution is 5.67. The third kappa shape index (κ3) is 3.20. The second kappa shape index (κ2) is 6.11. The van der Waals surface area contributed by atoms with Crippen LogP contribution in [0.15, 0.2) is 18.2 Å². The van der Waals surface area contributed by atoms with Crippen LogP contribution in [0.5, 0.6) is 11.5 Å². The highest BCUT2D eigenvalue weighted by atomic mass is 16.5. The number of carbonyl (C=O) groups is 1. The molecule has 0 spiro atoms. The van der Waals surface area contributed by atoms with Crippen LogP contribution < -0.4 is 0 Å². The van der Waals surface area contributed by atoms with Gasteiger partial charge in [-0.15, -0.1) is 0 Å². The van der Waals surface area contributed by atoms with Crippen LogP contribution >= 0.6 is 0 Å². The Kier molecular flexibility index (Phi) is 4.46. The minimum absolute atomic E-state index is 0.0405. The summed E-state index contributed by atoms with van der Waals surface area (Å²) in [5, 5.41) is 28.6. The molecule has 0 bridgehead atoms. The number of hydrogen-bond donors (Lipinski definition) is 3. The maximum absolute atomic E-state index is 10.7. The average molecular weight is 281 g/mol. The van der Waals surface area contributed by atoms with Crippen molar-refractivity contribution >= 4 is 5.97 Å². The quantitative estimate of drug-likeness (QED) is 0.771. The molecule has 0 saturated carbocycles. The van der Waals surface area contributed by atoms with E-state index in [1.807, 2.05) is 11.8 Å². The Hall–Kier alpha value is -1.79. The van der Waals surface area contributed by atoms with Crippen LogP contribution in [0.3, 0.4) is 0 Å². The number of rotatable bonds is 4. The van der Waals surface area contributed by atoms with Crippen LogP contribution in [-0.4, -0.2) is 52.0 Å². The fraction of sp³-hybridized carbons (Fsp3) is 0.500. The molecule has 1 aromatic carbocycles. The molecular formula is C14H19NO5. The van der Waals surface area contributed by atoms with E-state index < -0.39 is 5.97 Å². The monoisotopic (exact) mass is 281 g/mol. The first-order valence-corrected chi connectivity index (χ1v) is 6.57. The normalized spacial score (nSPS) is 21.6. The summed E-state index contributed by atoms with van der Waals surface area (Å²) < 4.78 is 5.42. The zero-order chi connectivity index (χ0) is 14.7. The van der Waals surface area contributed by atoms with Crippen molar-refractivity contribution in [2.24, 2.45) is 0 Å². The summed E-state index contributed by atoms with van der Waals surface area (Å²) in [4.78, 5) is 12.7. The van der Waals surface area contributed by atoms with Crippen molar-refractivity contribution in [1.82, 2.24) is 4.90 Å². The Bertz CT molecular complexity index is 470. The van der Waals surface area contributed by atoms with Gasteiger partial charge in [-0.3, -0.25) is 9.69 Å². The molecule has 6 nitrogen and oxygen atoms in total. The van der Waals surface area contributed by atoms with Crippen molar-refractivity contribution in [3.63, 3.8) is 0 Å². The second-order valence-corrected chi connectivity index (χ2v) is 4.97. The van der Waals surface area contributed by atoms with Gasteiger partial charge in [-0.2, -0.15) is 0 Å². The van der Waals surface area contributed by atoms with E-state index >= 15 is 0 Å². The van der Waals surface area contributed by atoms with Gasteiger partial charge in [-0.25, -0.2) is 0 Å². The largest absolute Gasteiger partial charge is 0.507 e. The van der Waals surface area contributed by atoms with Gasteiger partial charge in [0.2, 0.25) is 0 Å². The van der Waals surface area contributed by atoms with Crippen LogP contribution in [0.2, 0.25) is 0 Å². The molecule has 1 aromatic rings. The molecule has 0 aliphatic carbocycles. The molecular weight excluding hydrogens is 262 g/mol. The maximum atomic E-state index is 10.7. The first-order valence-electron chi connectivity index (χ1n) is 6.57. The molecule has 3 N–H and O–H groups in total. The zero-order valence-corrected chi connectivity index (χ0v) is 11.3. The van der Waals surface area contributed by atoms with E-state index in [1.165, 1.54) is 12.1 Å². The summed E-state index contributed by atoms with van der Waals surface area (Å²) in [5.74, 6) is -0.813. The fourth-order valence-electron chi connectivity index (χ4n) is 2.56. The predicted molar refractivity (Wildman–Crippen MR) is 71.8 cm³/mol. The van der Waals surface area contributed by atoms with E-state index in [0.717, 1.165) is 0 Å². The van der Waals surface area contributed by atoms with E-state index in [1.54, 1.807) is 6.07 Å². The van der Waals surface area contributed by atoms with Crippen LogP contribution in [0.4, 0.5) is 0 Å². The van der Waals surface area contributed by atoms with Crippen molar-refractivity contribution in [3.05, 3.63) is 23.8 Å². The van der Waals surface area contributed by atoms with Crippen LogP contribution in [0, 0.1) is 0 Å². The number of benzene rings is 1. The lowest BCUT2D eigenvalue weighted by molar-refractivity contribution is -0.142. The summed E-state index contributed by atoms with van der Waals surface area (Å²) in [6.07, 6.45) is -0.410. The molecule has 20 heavy (non-hydrogen) atoms. The number of carboxylic acid groups (broad SMARTS) is 1. The lowest BCUT2D eigenvalue weighted by atomic mass is 10.0. The smallest absolute Gasteiger partial charge is 0.306 e. The minimum Gasteiger partial charge on any atom is -0.507 e. The Morgan fingerprint density at radius 2 is 2.10 bits per heavy atom. The average Bonchev–Trinajstić information content (AvgIpc) is 2.38. The number of phenolic OH excluding ortho intramolecular Hbond substituents is 2. The fourth-order valence-corrected chi connectivity index (χ4v) is 2.56. The lowest BCUT2D eigenvalue weighted by Crippen LogP contribution is -2.44. The van der Waals surface area contributed by atoms with E-state index in [4.69, 9.17) is 9.84 Å². The van der Waals surface area contributed by atoms with Crippen molar-refractivity contribution in [2.45, 2.75) is 25.5 Å². The van der Waals surface area contributed by atoms with Gasteiger partial charge in [-0.05, 0) is 19.1 Å². The van der Waals surface area contributed by atoms with Crippen molar-refractivity contribution in [1.29, 1.82) is 0 Å². The number of nitrogens with zero attached hydrogens (tertiary/aromatic N) is 1. The highest BCUT2D eigenvalue weighted by Crippen LogP contribution is 2.36. The lowest BCUT2D eigenvalue weighted by Gasteiger charge is -2.36. The summed E-state index contributed by atoms with van der Waals surface area (Å²) >= 11 is 0. The topological polar surface area (TPSA) is 90.2 Å². The van der Waals surface area contributed by atoms with E-state index in [2.05, 4.69) is 0 Å². The minimum atomic E-state index is -0.894. The summed E-state index contributed by atoms with van der Waals surface area (Å²) in [5.41, 5.74) is 0.462. The molecule has 1 fully saturated rings. The molecule has 2 rings (SSSR count). The number of carboxylic acids is 1. The number of phenols is 2. The van der Waals surface area contributed by atoms with Gasteiger partial charge in [0.05, 0.1) is 24.7 Å². The third-order valence-corrected chi connectivity index (χ3v) is 3.60. The summed E-state index contributed by atoms with van der Waals surface area (Å²) in [7, 11) is 0. The van der Waals surface area contributed by atoms with Gasteiger partial charge in [-0.1, -0.05) is 6.07 Å². The standard InChI is InChI=1S/C14H19NO5/c1-9(14-11(16)3-2-4-12(14)17)15-5-6-20-10(8-15)7-13(18)19/h2-4,9-10,16-17H,5-8H2,1H3,(H,18,19). The number of aliphatic carboxylic acids is 1. The van der Waals surface area contributed by atoms with E-state index in [-0.39, 0.29) is 30.1 Å². The molecule has 1 heterocycles. The SMILES string of the molecule is CC(c1c(O)cccc1O)N1CCOC(CC(=O)O)C1. The molecule has 0 aromatic heterocycles. The van der Waals surface area contributed by atoms with Crippen LogP contribution in [0.25, 0.3) is 0 Å². The molecule has 0 amide bonds. The van der Waals surface area contributed by atoms with Crippen LogP contribution in [-0.2, 0) is 9.53 Å². The van der Waals surface area contributed by atoms with Gasteiger partial charge < -0.3 is 20.1 Å². The number of hydrogen-bond acceptors (Lipinski definition) is 5. The Morgan fingerprint density at radius 3 is 2.70 bits per heavy atom. The van der Waals surface area contributed by atoms with Gasteiger partial charge >= 0.3 is 5.97 Å². The van der Waals surface area contributed by atoms with E-state index in [0.29, 0.717) is 25.3 Å². The number of aromatic hydroxyl groups is 2. The van der Waals surface area contributed by atoms with Crippen molar-refractivity contribution < 1.29 is 24.9 Å². The van der Waals surface area contributed by atoms with Gasteiger partial charge in [0.15, 0.2) is 0 Å². The van der Waals surface area contributed by atoms with Gasteiger partial charge in [0.1, 0.15) is 11.5 Å². The Balaban J connectivity index is 2.12. The number of ether oxygens (including phenoxy) is 1. The first kappa shape index (κ1) is 14.6. The van der Waals surface area contributed by atoms with Gasteiger partial charge in [0, 0.05) is 19.1 Å². The molecule has 0 radical (unpaired) electrons. The second-order valence-electron chi connectivity index (χ2n) is 4.97. The summed E-state index contributed by atoms with van der Waals surface area (Å²) in [6, 6.07) is 4.42. The van der Waals surface area contributed by atoms with E-state index in [9.17, 15) is 15.0 Å². The molecule has 110 valence electrons. The Labute approximate surface area is 117 Å².